The van der Waals surface area contributed by atoms with Crippen molar-refractivity contribution >= 4 is 34.0 Å². The Morgan fingerprint density at radius 2 is 1.83 bits per heavy atom. The van der Waals surface area contributed by atoms with Crippen LogP contribution in [-0.4, -0.2) is 20.9 Å². The van der Waals surface area contributed by atoms with Crippen molar-refractivity contribution in [1.29, 1.82) is 0 Å². The number of rotatable bonds is 3. The predicted molar refractivity (Wildman–Crippen MR) is 94.4 cm³/mol. The van der Waals surface area contributed by atoms with Gasteiger partial charge in [0.2, 0.25) is 0 Å². The molecule has 4 rings (SSSR count). The van der Waals surface area contributed by atoms with Gasteiger partial charge in [-0.05, 0) is 18.2 Å². The maximum Gasteiger partial charge on any atom is 0.323 e. The van der Waals surface area contributed by atoms with Gasteiger partial charge in [-0.2, -0.15) is 0 Å². The molecule has 0 aliphatic rings. The van der Waals surface area contributed by atoms with Crippen molar-refractivity contribution in [2.45, 2.75) is 0 Å². The van der Waals surface area contributed by atoms with Gasteiger partial charge in [0.15, 0.2) is 0 Å². The third-order valence-corrected chi connectivity index (χ3v) is 4.57. The minimum Gasteiger partial charge on any atom is -0.321 e. The van der Waals surface area contributed by atoms with Gasteiger partial charge in [0.1, 0.15) is 9.88 Å². The quantitative estimate of drug-likeness (QED) is 0.536. The molecule has 1 amide bonds. The minimum absolute atomic E-state index is 0.230. The van der Waals surface area contributed by atoms with Crippen LogP contribution in [0, 0.1) is 0 Å². The summed E-state index contributed by atoms with van der Waals surface area (Å²) >= 11 is 1.33. The van der Waals surface area contributed by atoms with Crippen molar-refractivity contribution in [3.8, 4) is 10.6 Å². The summed E-state index contributed by atoms with van der Waals surface area (Å²) < 4.78 is 0. The SMILES string of the molecule is O=C(Nc1ccc2[nH]c(=O)[nH]c2c1)c1cnc(-c2ccccc2)s1. The van der Waals surface area contributed by atoms with E-state index in [1.54, 1.807) is 24.4 Å². The lowest BCUT2D eigenvalue weighted by Crippen LogP contribution is -2.09. The standard InChI is InChI=1S/C17H12N4O2S/c22-15(14-9-18-16(24-14)10-4-2-1-3-5-10)19-11-6-7-12-13(8-11)21-17(23)20-12/h1-9H,(H,19,22)(H2,20,21,23). The van der Waals surface area contributed by atoms with E-state index in [4.69, 9.17) is 0 Å². The monoisotopic (exact) mass is 336 g/mol. The number of carbonyl (C=O) groups is 1. The lowest BCUT2D eigenvalue weighted by Gasteiger charge is -2.03. The molecule has 118 valence electrons. The molecule has 2 heterocycles. The largest absolute Gasteiger partial charge is 0.323 e. The number of H-pyrrole nitrogens is 2. The number of aromatic nitrogens is 3. The Morgan fingerprint density at radius 3 is 2.67 bits per heavy atom. The van der Waals surface area contributed by atoms with E-state index in [0.717, 1.165) is 10.6 Å². The van der Waals surface area contributed by atoms with Crippen LogP contribution in [0.25, 0.3) is 21.6 Å². The van der Waals surface area contributed by atoms with Gasteiger partial charge in [-0.25, -0.2) is 9.78 Å². The molecule has 0 atom stereocenters. The van der Waals surface area contributed by atoms with E-state index in [0.29, 0.717) is 21.6 Å². The summed E-state index contributed by atoms with van der Waals surface area (Å²) in [6.07, 6.45) is 1.57. The second-order valence-electron chi connectivity index (χ2n) is 5.19. The van der Waals surface area contributed by atoms with Crippen molar-refractivity contribution in [2.24, 2.45) is 0 Å². The smallest absolute Gasteiger partial charge is 0.321 e. The van der Waals surface area contributed by atoms with Gasteiger partial charge in [0.25, 0.3) is 5.91 Å². The zero-order chi connectivity index (χ0) is 16.5. The molecule has 24 heavy (non-hydrogen) atoms. The summed E-state index contributed by atoms with van der Waals surface area (Å²) in [4.78, 5) is 33.8. The van der Waals surface area contributed by atoms with Crippen molar-refractivity contribution in [1.82, 2.24) is 15.0 Å². The second-order valence-corrected chi connectivity index (χ2v) is 6.22. The molecule has 0 fully saturated rings. The fourth-order valence-corrected chi connectivity index (χ4v) is 3.21. The molecule has 2 aromatic carbocycles. The second kappa shape index (κ2) is 5.78. The van der Waals surface area contributed by atoms with Crippen LogP contribution in [0.1, 0.15) is 9.67 Å². The highest BCUT2D eigenvalue weighted by molar-refractivity contribution is 7.17. The number of thiazole rings is 1. The molecule has 0 saturated heterocycles. The van der Waals surface area contributed by atoms with Gasteiger partial charge in [-0.15, -0.1) is 11.3 Å². The van der Waals surface area contributed by atoms with Crippen molar-refractivity contribution in [3.05, 3.63) is 70.1 Å². The van der Waals surface area contributed by atoms with Crippen LogP contribution in [0.5, 0.6) is 0 Å². The van der Waals surface area contributed by atoms with Crippen LogP contribution in [0.3, 0.4) is 0 Å². The maximum atomic E-state index is 12.4. The first-order chi connectivity index (χ1) is 11.7. The number of fused-ring (bicyclic) bond motifs is 1. The van der Waals surface area contributed by atoms with Crippen LogP contribution in [0.2, 0.25) is 0 Å². The number of hydrogen-bond acceptors (Lipinski definition) is 4. The number of amides is 1. The van der Waals surface area contributed by atoms with E-state index in [9.17, 15) is 9.59 Å². The van der Waals surface area contributed by atoms with E-state index < -0.39 is 0 Å². The zero-order valence-corrected chi connectivity index (χ0v) is 13.2. The third-order valence-electron chi connectivity index (χ3n) is 3.52. The molecule has 3 N–H and O–H groups in total. The molecule has 4 aromatic rings. The van der Waals surface area contributed by atoms with Crippen LogP contribution >= 0.6 is 11.3 Å². The molecule has 2 aromatic heterocycles. The number of nitrogens with one attached hydrogen (secondary N) is 3. The van der Waals surface area contributed by atoms with Gasteiger partial charge in [0.05, 0.1) is 17.2 Å². The number of anilines is 1. The first-order valence-electron chi connectivity index (χ1n) is 7.24. The molecule has 0 radical (unpaired) electrons. The van der Waals surface area contributed by atoms with Crippen molar-refractivity contribution in [2.75, 3.05) is 5.32 Å². The lowest BCUT2D eigenvalue weighted by atomic mass is 10.2. The summed E-state index contributed by atoms with van der Waals surface area (Å²) in [5, 5.41) is 3.62. The van der Waals surface area contributed by atoms with E-state index in [-0.39, 0.29) is 11.6 Å². The van der Waals surface area contributed by atoms with Crippen molar-refractivity contribution in [3.63, 3.8) is 0 Å². The number of carbonyl (C=O) groups excluding carboxylic acids is 1. The summed E-state index contributed by atoms with van der Waals surface area (Å²) in [7, 11) is 0. The average Bonchev–Trinajstić information content (AvgIpc) is 3.21. The number of nitrogens with zero attached hydrogens (tertiary/aromatic N) is 1. The Morgan fingerprint density at radius 1 is 1.04 bits per heavy atom. The topological polar surface area (TPSA) is 90.6 Å². The number of hydrogen-bond donors (Lipinski definition) is 3. The van der Waals surface area contributed by atoms with Crippen LogP contribution in [0.4, 0.5) is 5.69 Å². The van der Waals surface area contributed by atoms with E-state index in [1.807, 2.05) is 30.3 Å². The Hall–Kier alpha value is -3.19. The molecular formula is C17H12N4O2S. The number of imidazole rings is 1. The van der Waals surface area contributed by atoms with Gasteiger partial charge in [-0.3, -0.25) is 4.79 Å². The molecule has 0 spiro atoms. The number of aromatic amines is 2. The highest BCUT2D eigenvalue weighted by Gasteiger charge is 2.12. The van der Waals surface area contributed by atoms with Crippen LogP contribution in [-0.2, 0) is 0 Å². The summed E-state index contributed by atoms with van der Waals surface area (Å²) in [5.74, 6) is -0.230. The normalized spacial score (nSPS) is 10.8. The van der Waals surface area contributed by atoms with Gasteiger partial charge in [0, 0.05) is 11.3 Å². The van der Waals surface area contributed by atoms with E-state index in [2.05, 4.69) is 20.3 Å². The fraction of sp³-hybridized carbons (Fsp3) is 0. The molecule has 0 unspecified atom stereocenters. The molecule has 0 aliphatic carbocycles. The minimum atomic E-state index is -0.275. The summed E-state index contributed by atoms with van der Waals surface area (Å²) in [6, 6.07) is 14.9. The highest BCUT2D eigenvalue weighted by atomic mass is 32.1. The molecule has 6 nitrogen and oxygen atoms in total. The Bertz CT molecular complexity index is 1080. The fourth-order valence-electron chi connectivity index (χ4n) is 2.40. The Balaban J connectivity index is 1.57. The van der Waals surface area contributed by atoms with Gasteiger partial charge < -0.3 is 15.3 Å². The van der Waals surface area contributed by atoms with Crippen molar-refractivity contribution < 1.29 is 4.79 Å². The molecule has 7 heteroatoms. The zero-order valence-electron chi connectivity index (χ0n) is 12.4. The summed E-state index contributed by atoms with van der Waals surface area (Å²) in [6.45, 7) is 0. The van der Waals surface area contributed by atoms with Gasteiger partial charge in [-0.1, -0.05) is 30.3 Å². The Kier molecular flexibility index (Phi) is 3.47. The summed E-state index contributed by atoms with van der Waals surface area (Å²) in [5.41, 5.74) is 2.66. The molecular weight excluding hydrogens is 324 g/mol. The van der Waals surface area contributed by atoms with E-state index >= 15 is 0 Å². The van der Waals surface area contributed by atoms with Crippen LogP contribution < -0.4 is 11.0 Å². The van der Waals surface area contributed by atoms with E-state index in [1.165, 1.54) is 11.3 Å². The Labute approximate surface area is 140 Å². The lowest BCUT2D eigenvalue weighted by molar-refractivity contribution is 0.103. The first kappa shape index (κ1) is 14.4. The molecule has 0 saturated carbocycles. The highest BCUT2D eigenvalue weighted by Crippen LogP contribution is 2.25. The van der Waals surface area contributed by atoms with Gasteiger partial charge >= 0.3 is 5.69 Å². The third kappa shape index (κ3) is 2.72. The van der Waals surface area contributed by atoms with Crippen LogP contribution in [0.15, 0.2) is 59.5 Å². The maximum absolute atomic E-state index is 12.4. The molecule has 0 bridgehead atoms. The first-order valence-corrected chi connectivity index (χ1v) is 8.05. The number of benzene rings is 2. The predicted octanol–water partition coefficient (Wildman–Crippen LogP) is 3.23. The average molecular weight is 336 g/mol. The molecule has 0 aliphatic heterocycles.